The molecule has 0 N–H and O–H groups in total. The van der Waals surface area contributed by atoms with Gasteiger partial charge in [-0.25, -0.2) is 0 Å². The molecule has 1 aromatic rings. The van der Waals surface area contributed by atoms with Crippen LogP contribution in [0, 0.1) is 11.8 Å². The van der Waals surface area contributed by atoms with E-state index in [0.29, 0.717) is 0 Å². The molecule has 1 aliphatic rings. The zero-order chi connectivity index (χ0) is 13.3. The van der Waals surface area contributed by atoms with E-state index >= 15 is 0 Å². The van der Waals surface area contributed by atoms with E-state index in [1.165, 1.54) is 12.1 Å². The fourth-order valence-corrected chi connectivity index (χ4v) is 3.20. The highest BCUT2D eigenvalue weighted by Crippen LogP contribution is 2.31. The molecule has 2 rings (SSSR count). The minimum atomic E-state index is 0.106. The molecule has 18 heavy (non-hydrogen) atoms. The summed E-state index contributed by atoms with van der Waals surface area (Å²) < 4.78 is 0.903. The number of nitrogens with zero attached hydrogens (tertiary/aromatic N) is 1. The van der Waals surface area contributed by atoms with Crippen LogP contribution in [-0.2, 0) is 0 Å². The Kier molecular flexibility index (Phi) is 4.10. The van der Waals surface area contributed by atoms with E-state index in [0.717, 1.165) is 35.0 Å². The van der Waals surface area contributed by atoms with Crippen LogP contribution in [0.3, 0.4) is 0 Å². The van der Waals surface area contributed by atoms with Crippen LogP contribution in [-0.4, -0.2) is 18.9 Å². The first kappa shape index (κ1) is 13.6. The molecule has 0 saturated carbocycles. The first-order valence-electron chi connectivity index (χ1n) is 6.54. The average molecular weight is 310 g/mol. The molecular weight excluding hydrogens is 290 g/mol. The Hall–Kier alpha value is -0.830. The Morgan fingerprint density at radius 2 is 2.17 bits per heavy atom. The topological polar surface area (TPSA) is 20.3 Å². The highest BCUT2D eigenvalue weighted by atomic mass is 79.9. The maximum atomic E-state index is 11.4. The molecule has 0 aromatic heterocycles. The molecule has 1 aromatic carbocycles. The van der Waals surface area contributed by atoms with E-state index < -0.39 is 0 Å². The molecule has 98 valence electrons. The van der Waals surface area contributed by atoms with Gasteiger partial charge in [0.1, 0.15) is 0 Å². The molecular formula is C15H20BrNO. The second-order valence-electron chi connectivity index (χ2n) is 5.46. The smallest absolute Gasteiger partial charge is 0.160 e. The van der Waals surface area contributed by atoms with Crippen molar-refractivity contribution in [1.82, 2.24) is 0 Å². The van der Waals surface area contributed by atoms with Crippen LogP contribution in [0.4, 0.5) is 5.69 Å². The van der Waals surface area contributed by atoms with Crippen LogP contribution in [0.5, 0.6) is 0 Å². The van der Waals surface area contributed by atoms with Gasteiger partial charge in [-0.3, -0.25) is 4.79 Å². The third kappa shape index (κ3) is 2.77. The van der Waals surface area contributed by atoms with Crippen molar-refractivity contribution in [3.8, 4) is 0 Å². The molecule has 0 amide bonds. The van der Waals surface area contributed by atoms with Gasteiger partial charge in [0.25, 0.3) is 0 Å². The summed E-state index contributed by atoms with van der Waals surface area (Å²) in [6.07, 6.45) is 1.27. The van der Waals surface area contributed by atoms with Crippen molar-refractivity contribution in [2.45, 2.75) is 27.2 Å². The van der Waals surface area contributed by atoms with E-state index in [2.05, 4.69) is 46.8 Å². The summed E-state index contributed by atoms with van der Waals surface area (Å²) in [5.41, 5.74) is 1.98. The minimum Gasteiger partial charge on any atom is -0.371 e. The SMILES string of the molecule is CC(=O)c1ccc(N2CCC(C(C)C)C2)cc1Br. The predicted molar refractivity (Wildman–Crippen MR) is 79.3 cm³/mol. The van der Waals surface area contributed by atoms with E-state index in [1.54, 1.807) is 6.92 Å². The number of halogens is 1. The fourth-order valence-electron chi connectivity index (χ4n) is 2.55. The first-order chi connectivity index (χ1) is 8.49. The van der Waals surface area contributed by atoms with Crippen molar-refractivity contribution >= 4 is 27.4 Å². The Morgan fingerprint density at radius 3 is 2.67 bits per heavy atom. The lowest BCUT2D eigenvalue weighted by Crippen LogP contribution is -2.21. The van der Waals surface area contributed by atoms with Crippen LogP contribution in [0.2, 0.25) is 0 Å². The van der Waals surface area contributed by atoms with Crippen LogP contribution >= 0.6 is 15.9 Å². The normalized spacial score (nSPS) is 19.6. The van der Waals surface area contributed by atoms with Gasteiger partial charge in [-0.1, -0.05) is 13.8 Å². The van der Waals surface area contributed by atoms with E-state index in [-0.39, 0.29) is 5.78 Å². The van der Waals surface area contributed by atoms with E-state index in [4.69, 9.17) is 0 Å². The summed E-state index contributed by atoms with van der Waals surface area (Å²) in [5, 5.41) is 0. The summed E-state index contributed by atoms with van der Waals surface area (Å²) in [5.74, 6) is 1.64. The van der Waals surface area contributed by atoms with Crippen molar-refractivity contribution in [2.24, 2.45) is 11.8 Å². The second-order valence-corrected chi connectivity index (χ2v) is 6.31. The van der Waals surface area contributed by atoms with Crippen molar-refractivity contribution < 1.29 is 4.79 Å². The number of carbonyl (C=O) groups is 1. The number of Topliss-reactive ketones (excluding diaryl/α,β-unsaturated/α-hetero) is 1. The number of hydrogen-bond acceptors (Lipinski definition) is 2. The van der Waals surface area contributed by atoms with Crippen molar-refractivity contribution in [1.29, 1.82) is 0 Å². The molecule has 0 spiro atoms. The standard InChI is InChI=1S/C15H20BrNO/c1-10(2)12-6-7-17(9-12)13-4-5-14(11(3)18)15(16)8-13/h4-5,8,10,12H,6-7,9H2,1-3H3. The van der Waals surface area contributed by atoms with Crippen LogP contribution in [0.1, 0.15) is 37.6 Å². The lowest BCUT2D eigenvalue weighted by Gasteiger charge is -2.20. The number of carbonyl (C=O) groups excluding carboxylic acids is 1. The van der Waals surface area contributed by atoms with Gasteiger partial charge >= 0.3 is 0 Å². The maximum Gasteiger partial charge on any atom is 0.160 e. The van der Waals surface area contributed by atoms with Gasteiger partial charge in [-0.2, -0.15) is 0 Å². The lowest BCUT2D eigenvalue weighted by molar-refractivity contribution is 0.101. The van der Waals surface area contributed by atoms with Crippen LogP contribution in [0.25, 0.3) is 0 Å². The lowest BCUT2D eigenvalue weighted by atomic mass is 9.95. The zero-order valence-corrected chi connectivity index (χ0v) is 12.8. The Balaban J connectivity index is 2.16. The molecule has 0 bridgehead atoms. The zero-order valence-electron chi connectivity index (χ0n) is 11.2. The third-order valence-electron chi connectivity index (χ3n) is 3.86. The molecule has 0 aliphatic carbocycles. The highest BCUT2D eigenvalue weighted by molar-refractivity contribution is 9.10. The molecule has 1 unspecified atom stereocenters. The summed E-state index contributed by atoms with van der Waals surface area (Å²) in [7, 11) is 0. The van der Waals surface area contributed by atoms with Gasteiger partial charge in [0.15, 0.2) is 5.78 Å². The molecule has 1 atom stereocenters. The second kappa shape index (κ2) is 5.43. The number of benzene rings is 1. The van der Waals surface area contributed by atoms with Gasteiger partial charge in [0.05, 0.1) is 0 Å². The monoisotopic (exact) mass is 309 g/mol. The van der Waals surface area contributed by atoms with E-state index in [9.17, 15) is 4.79 Å². The highest BCUT2D eigenvalue weighted by Gasteiger charge is 2.25. The summed E-state index contributed by atoms with van der Waals surface area (Å²) in [6.45, 7) is 8.44. The first-order valence-corrected chi connectivity index (χ1v) is 7.33. The quantitative estimate of drug-likeness (QED) is 0.782. The van der Waals surface area contributed by atoms with E-state index in [1.807, 2.05) is 6.07 Å². The number of anilines is 1. The Morgan fingerprint density at radius 1 is 1.44 bits per heavy atom. The maximum absolute atomic E-state index is 11.4. The van der Waals surface area contributed by atoms with Gasteiger partial charge in [0.2, 0.25) is 0 Å². The third-order valence-corrected chi connectivity index (χ3v) is 4.52. The summed E-state index contributed by atoms with van der Waals surface area (Å²) in [6, 6.07) is 6.05. The van der Waals surface area contributed by atoms with Crippen molar-refractivity contribution in [2.75, 3.05) is 18.0 Å². The van der Waals surface area contributed by atoms with Crippen molar-refractivity contribution in [3.63, 3.8) is 0 Å². The number of rotatable bonds is 3. The summed E-state index contributed by atoms with van der Waals surface area (Å²) in [4.78, 5) is 13.8. The molecule has 3 heteroatoms. The minimum absolute atomic E-state index is 0.106. The fraction of sp³-hybridized carbons (Fsp3) is 0.533. The Bertz CT molecular complexity index is 456. The molecule has 0 radical (unpaired) electrons. The van der Waals surface area contributed by atoms with Gasteiger partial charge in [0, 0.05) is 28.8 Å². The van der Waals surface area contributed by atoms with Crippen LogP contribution in [0.15, 0.2) is 22.7 Å². The van der Waals surface area contributed by atoms with Crippen molar-refractivity contribution in [3.05, 3.63) is 28.2 Å². The molecule has 1 aliphatic heterocycles. The van der Waals surface area contributed by atoms with Gasteiger partial charge < -0.3 is 4.90 Å². The molecule has 1 fully saturated rings. The molecule has 1 heterocycles. The molecule has 2 nitrogen and oxygen atoms in total. The number of hydrogen-bond donors (Lipinski definition) is 0. The molecule has 1 saturated heterocycles. The summed E-state index contributed by atoms with van der Waals surface area (Å²) >= 11 is 3.49. The van der Waals surface area contributed by atoms with Gasteiger partial charge in [-0.15, -0.1) is 0 Å². The largest absolute Gasteiger partial charge is 0.371 e. The van der Waals surface area contributed by atoms with Gasteiger partial charge in [-0.05, 0) is 59.3 Å². The van der Waals surface area contributed by atoms with Crippen LogP contribution < -0.4 is 4.90 Å². The number of ketones is 1. The Labute approximate surface area is 117 Å². The predicted octanol–water partition coefficient (Wildman–Crippen LogP) is 4.13. The average Bonchev–Trinajstić information content (AvgIpc) is 2.77.